The molecule has 0 atom stereocenters. The van der Waals surface area contributed by atoms with Crippen LogP contribution in [0, 0.1) is 0 Å². The van der Waals surface area contributed by atoms with E-state index in [1.165, 1.54) is 0 Å². The number of hydrogen-bond donors (Lipinski definition) is 1. The highest BCUT2D eigenvalue weighted by Crippen LogP contribution is 2.05. The number of aliphatic hydroxyl groups excluding tert-OH is 1. The molecule has 0 unspecified atom stereocenters. The highest BCUT2D eigenvalue weighted by Gasteiger charge is 1.96. The van der Waals surface area contributed by atoms with Crippen molar-refractivity contribution in [2.75, 3.05) is 20.7 Å². The van der Waals surface area contributed by atoms with E-state index in [1.54, 1.807) is 11.8 Å². The number of rotatable bonds is 3. The summed E-state index contributed by atoms with van der Waals surface area (Å²) in [7, 11) is 3.70. The normalized spacial score (nSPS) is 10.1. The average Bonchev–Trinajstić information content (AvgIpc) is 2.28. The van der Waals surface area contributed by atoms with Gasteiger partial charge in [-0.25, -0.2) is 0 Å². The molecule has 0 saturated heterocycles. The van der Waals surface area contributed by atoms with Crippen molar-refractivity contribution < 1.29 is 9.90 Å². The minimum absolute atomic E-state index is 0.250. The quantitative estimate of drug-likeness (QED) is 0.625. The van der Waals surface area contributed by atoms with Gasteiger partial charge in [0.25, 0.3) is 0 Å². The number of allylic oxidation sites excluding steroid dienone is 1. The fraction of sp³-hybridized carbons (Fsp3) is 0.308. The van der Waals surface area contributed by atoms with Gasteiger partial charge in [-0.05, 0) is 18.6 Å². The molecular weight excluding hydrogens is 202 g/mol. The van der Waals surface area contributed by atoms with E-state index in [0.717, 1.165) is 11.8 Å². The molecule has 16 heavy (non-hydrogen) atoms. The van der Waals surface area contributed by atoms with E-state index in [0.29, 0.717) is 5.70 Å². The highest BCUT2D eigenvalue weighted by molar-refractivity contribution is 5.80. The van der Waals surface area contributed by atoms with Crippen molar-refractivity contribution in [3.05, 3.63) is 41.6 Å². The number of carbonyl (C=O) groups excluding carboxylic acids is 1. The first-order valence-corrected chi connectivity index (χ1v) is 5.15. The third-order valence-corrected chi connectivity index (χ3v) is 1.75. The summed E-state index contributed by atoms with van der Waals surface area (Å²) in [6.07, 6.45) is 2.71. The molecule has 1 N–H and O–H groups in total. The van der Waals surface area contributed by atoms with Crippen LogP contribution in [0.5, 0.6) is 0 Å². The molecule has 0 fully saturated rings. The second-order valence-corrected chi connectivity index (χ2v) is 3.31. The van der Waals surface area contributed by atoms with Gasteiger partial charge in [0.05, 0.1) is 5.70 Å². The largest absolute Gasteiger partial charge is 0.397 e. The van der Waals surface area contributed by atoms with Gasteiger partial charge in [-0.15, -0.1) is 0 Å². The minimum Gasteiger partial charge on any atom is -0.397 e. The Labute approximate surface area is 97.0 Å². The zero-order valence-electron chi connectivity index (χ0n) is 10.1. The summed E-state index contributed by atoms with van der Waals surface area (Å²) >= 11 is 0. The zero-order chi connectivity index (χ0) is 12.4. The lowest BCUT2D eigenvalue weighted by molar-refractivity contribution is -0.105. The first-order valence-electron chi connectivity index (χ1n) is 5.15. The topological polar surface area (TPSA) is 40.5 Å². The predicted octanol–water partition coefficient (Wildman–Crippen LogP) is 1.79. The van der Waals surface area contributed by atoms with E-state index in [2.05, 4.69) is 0 Å². The number of nitrogens with zero attached hydrogens (tertiary/aromatic N) is 1. The Kier molecular flexibility index (Phi) is 7.81. The van der Waals surface area contributed by atoms with Gasteiger partial charge in [0.2, 0.25) is 0 Å². The van der Waals surface area contributed by atoms with Crippen molar-refractivity contribution in [1.82, 2.24) is 4.90 Å². The molecule has 3 heteroatoms. The molecule has 0 heterocycles. The van der Waals surface area contributed by atoms with E-state index in [1.807, 2.05) is 50.5 Å². The summed E-state index contributed by atoms with van der Waals surface area (Å²) in [5, 5.41) is 7.57. The summed E-state index contributed by atoms with van der Waals surface area (Å²) in [5.41, 5.74) is 1.71. The lowest BCUT2D eigenvalue weighted by Gasteiger charge is -2.10. The summed E-state index contributed by atoms with van der Waals surface area (Å²) in [6.45, 7) is 1.93. The first-order chi connectivity index (χ1) is 7.65. The molecule has 3 nitrogen and oxygen atoms in total. The van der Waals surface area contributed by atoms with Crippen molar-refractivity contribution in [2.24, 2.45) is 0 Å². The summed E-state index contributed by atoms with van der Waals surface area (Å²) in [6, 6.07) is 9.78. The monoisotopic (exact) mass is 221 g/mol. The van der Waals surface area contributed by atoms with Gasteiger partial charge in [0.1, 0.15) is 0 Å². The molecule has 0 spiro atoms. The molecule has 0 aliphatic rings. The maximum Gasteiger partial charge on any atom is 0.166 e. The fourth-order valence-corrected chi connectivity index (χ4v) is 0.989. The molecule has 1 aromatic carbocycles. The van der Waals surface area contributed by atoms with Crippen LogP contribution in [0.15, 0.2) is 36.0 Å². The molecule has 1 rings (SSSR count). The van der Waals surface area contributed by atoms with Crippen LogP contribution in [0.3, 0.4) is 0 Å². The van der Waals surface area contributed by atoms with E-state index in [9.17, 15) is 4.79 Å². The molecular formula is C13H19NO2. The number of likely N-dealkylation sites (N-methyl/N-ethyl adjacent to an activating group) is 1. The number of carbonyl (C=O) groups is 1. The Morgan fingerprint density at radius 1 is 1.31 bits per heavy atom. The highest BCUT2D eigenvalue weighted by atomic mass is 16.2. The number of benzene rings is 1. The SMILES string of the molecule is CCO.CN(C)C(C=O)=Cc1ccccc1. The van der Waals surface area contributed by atoms with E-state index in [-0.39, 0.29) is 6.61 Å². The van der Waals surface area contributed by atoms with Crippen molar-refractivity contribution in [3.8, 4) is 0 Å². The molecule has 0 radical (unpaired) electrons. The fourth-order valence-electron chi connectivity index (χ4n) is 0.989. The summed E-state index contributed by atoms with van der Waals surface area (Å²) < 4.78 is 0. The summed E-state index contributed by atoms with van der Waals surface area (Å²) in [4.78, 5) is 12.4. The van der Waals surface area contributed by atoms with E-state index in [4.69, 9.17) is 5.11 Å². The minimum atomic E-state index is 0.250. The van der Waals surface area contributed by atoms with Gasteiger partial charge in [-0.3, -0.25) is 4.79 Å². The number of aldehydes is 1. The van der Waals surface area contributed by atoms with Crippen LogP contribution < -0.4 is 0 Å². The molecule has 0 aliphatic carbocycles. The molecule has 0 bridgehead atoms. The maximum atomic E-state index is 10.6. The van der Waals surface area contributed by atoms with Crippen LogP contribution in [0.4, 0.5) is 0 Å². The lowest BCUT2D eigenvalue weighted by atomic mass is 10.2. The van der Waals surface area contributed by atoms with Gasteiger partial charge >= 0.3 is 0 Å². The smallest absolute Gasteiger partial charge is 0.166 e. The molecule has 0 saturated carbocycles. The van der Waals surface area contributed by atoms with Crippen LogP contribution in [0.2, 0.25) is 0 Å². The average molecular weight is 221 g/mol. The summed E-state index contributed by atoms with van der Waals surface area (Å²) in [5.74, 6) is 0. The number of aliphatic hydroxyl groups is 1. The third kappa shape index (κ3) is 5.98. The van der Waals surface area contributed by atoms with Gasteiger partial charge in [-0.1, -0.05) is 30.3 Å². The Hall–Kier alpha value is -1.61. The van der Waals surface area contributed by atoms with Crippen LogP contribution in [-0.2, 0) is 4.79 Å². The molecule has 88 valence electrons. The Bertz CT molecular complexity index is 318. The molecule has 0 aromatic heterocycles. The van der Waals surface area contributed by atoms with Crippen LogP contribution in [0.1, 0.15) is 12.5 Å². The first kappa shape index (κ1) is 14.4. The van der Waals surface area contributed by atoms with Crippen molar-refractivity contribution in [3.63, 3.8) is 0 Å². The van der Waals surface area contributed by atoms with Gasteiger partial charge in [0.15, 0.2) is 6.29 Å². The van der Waals surface area contributed by atoms with Crippen molar-refractivity contribution >= 4 is 12.4 Å². The van der Waals surface area contributed by atoms with Crippen LogP contribution in [0.25, 0.3) is 6.08 Å². The second-order valence-electron chi connectivity index (χ2n) is 3.31. The Morgan fingerprint density at radius 3 is 2.19 bits per heavy atom. The Morgan fingerprint density at radius 2 is 1.81 bits per heavy atom. The lowest BCUT2D eigenvalue weighted by Crippen LogP contribution is -2.11. The zero-order valence-corrected chi connectivity index (χ0v) is 10.1. The van der Waals surface area contributed by atoms with E-state index >= 15 is 0 Å². The van der Waals surface area contributed by atoms with Gasteiger partial charge in [-0.2, -0.15) is 0 Å². The molecule has 0 aliphatic heterocycles. The standard InChI is InChI=1S/C11H13NO.C2H6O/c1-12(2)11(9-13)8-10-6-4-3-5-7-10;1-2-3/h3-9H,1-2H3;3H,2H2,1H3. The van der Waals surface area contributed by atoms with E-state index < -0.39 is 0 Å². The Balaban J connectivity index is 0.000000673. The second kappa shape index (κ2) is 8.68. The molecule has 0 amide bonds. The maximum absolute atomic E-state index is 10.6. The predicted molar refractivity (Wildman–Crippen MR) is 66.9 cm³/mol. The van der Waals surface area contributed by atoms with Crippen LogP contribution in [-0.4, -0.2) is 37.0 Å². The number of hydrogen-bond acceptors (Lipinski definition) is 3. The van der Waals surface area contributed by atoms with Crippen LogP contribution >= 0.6 is 0 Å². The van der Waals surface area contributed by atoms with Gasteiger partial charge in [0, 0.05) is 20.7 Å². The van der Waals surface area contributed by atoms with Crippen molar-refractivity contribution in [2.45, 2.75) is 6.92 Å². The molecule has 1 aromatic rings. The van der Waals surface area contributed by atoms with Gasteiger partial charge < -0.3 is 10.0 Å². The van der Waals surface area contributed by atoms with Crippen molar-refractivity contribution in [1.29, 1.82) is 0 Å². The third-order valence-electron chi connectivity index (χ3n) is 1.75.